The third kappa shape index (κ3) is 3.46. The summed E-state index contributed by atoms with van der Waals surface area (Å²) in [6.07, 6.45) is 1.40. The lowest BCUT2D eigenvalue weighted by Crippen LogP contribution is -2.30. The fourth-order valence-electron chi connectivity index (χ4n) is 2.10. The van der Waals surface area contributed by atoms with E-state index < -0.39 is 0 Å². The zero-order chi connectivity index (χ0) is 12.3. The summed E-state index contributed by atoms with van der Waals surface area (Å²) in [7, 11) is 0. The van der Waals surface area contributed by atoms with E-state index in [1.807, 2.05) is 0 Å². The first-order valence-corrected chi connectivity index (χ1v) is 7.83. The van der Waals surface area contributed by atoms with Crippen molar-refractivity contribution in [1.29, 1.82) is 0 Å². The van der Waals surface area contributed by atoms with E-state index in [1.165, 1.54) is 15.7 Å². The second-order valence-corrected chi connectivity index (χ2v) is 5.82. The quantitative estimate of drug-likeness (QED) is 0.738. The minimum Gasteiger partial charge on any atom is -0.377 e. The van der Waals surface area contributed by atoms with Crippen LogP contribution in [0.1, 0.15) is 18.9 Å². The first-order valence-electron chi connectivity index (χ1n) is 5.91. The molecule has 1 aliphatic heterocycles. The summed E-state index contributed by atoms with van der Waals surface area (Å²) in [5.41, 5.74) is 2.56. The molecule has 1 aromatic rings. The van der Waals surface area contributed by atoms with Crippen molar-refractivity contribution in [3.05, 3.63) is 28.2 Å². The summed E-state index contributed by atoms with van der Waals surface area (Å²) in [4.78, 5) is 2.40. The highest BCUT2D eigenvalue weighted by Crippen LogP contribution is 2.29. The maximum absolute atomic E-state index is 5.67. The number of hydrogen-bond acceptors (Lipinski definition) is 2. The Morgan fingerprint density at radius 1 is 1.47 bits per heavy atom. The van der Waals surface area contributed by atoms with Crippen LogP contribution in [0.4, 0.5) is 5.69 Å². The molecule has 4 heteroatoms. The Balaban J connectivity index is 2.20. The third-order valence-electron chi connectivity index (χ3n) is 2.96. The number of benzene rings is 1. The fraction of sp³-hybridized carbons (Fsp3) is 0.538. The minimum atomic E-state index is 0.306. The highest BCUT2D eigenvalue weighted by Gasteiger charge is 2.17. The maximum Gasteiger partial charge on any atom is 0.0721 e. The highest BCUT2D eigenvalue weighted by molar-refractivity contribution is 9.10. The zero-order valence-corrected chi connectivity index (χ0v) is 13.1. The number of ether oxygens (including phenoxy) is 1. The predicted octanol–water partition coefficient (Wildman–Crippen LogP) is 3.96. The number of nitrogens with zero attached hydrogens (tertiary/aromatic N) is 1. The molecule has 1 aromatic carbocycles. The number of alkyl halides is 1. The van der Waals surface area contributed by atoms with E-state index in [9.17, 15) is 0 Å². The van der Waals surface area contributed by atoms with Gasteiger partial charge in [0.15, 0.2) is 0 Å². The van der Waals surface area contributed by atoms with E-state index in [4.69, 9.17) is 4.74 Å². The molecule has 0 saturated carbocycles. The number of hydrogen-bond donors (Lipinski definition) is 0. The number of rotatable bonds is 2. The van der Waals surface area contributed by atoms with Crippen molar-refractivity contribution in [2.45, 2.75) is 24.8 Å². The van der Waals surface area contributed by atoms with Crippen LogP contribution in [0.15, 0.2) is 22.7 Å². The molecule has 1 heterocycles. The second-order valence-electron chi connectivity index (χ2n) is 4.40. The Labute approximate surface area is 120 Å². The summed E-state index contributed by atoms with van der Waals surface area (Å²) >= 11 is 7.15. The lowest BCUT2D eigenvalue weighted by Gasteiger charge is -2.25. The molecule has 2 nitrogen and oxygen atoms in total. The Morgan fingerprint density at radius 3 is 3.00 bits per heavy atom. The van der Waals surface area contributed by atoms with Crippen molar-refractivity contribution in [2.24, 2.45) is 0 Å². The molecule has 0 amide bonds. The lowest BCUT2D eigenvalue weighted by atomic mass is 10.2. The van der Waals surface area contributed by atoms with Crippen LogP contribution in [0.5, 0.6) is 0 Å². The molecule has 0 aliphatic carbocycles. The molecule has 0 N–H and O–H groups in total. The van der Waals surface area contributed by atoms with Gasteiger partial charge < -0.3 is 9.64 Å². The van der Waals surface area contributed by atoms with Crippen LogP contribution in [0.25, 0.3) is 0 Å². The fourth-order valence-corrected chi connectivity index (χ4v) is 3.13. The molecule has 1 saturated heterocycles. The average molecular weight is 363 g/mol. The second kappa shape index (κ2) is 6.21. The molecule has 2 rings (SSSR count). The van der Waals surface area contributed by atoms with Crippen molar-refractivity contribution in [3.8, 4) is 0 Å². The molecule has 1 unspecified atom stereocenters. The van der Waals surface area contributed by atoms with E-state index in [1.54, 1.807) is 0 Å². The Hall–Kier alpha value is -0.0600. The van der Waals surface area contributed by atoms with Crippen LogP contribution in [0.3, 0.4) is 0 Å². The maximum atomic E-state index is 5.67. The van der Waals surface area contributed by atoms with Crippen LogP contribution in [-0.4, -0.2) is 25.8 Å². The zero-order valence-electron chi connectivity index (χ0n) is 9.96. The van der Waals surface area contributed by atoms with Crippen LogP contribution < -0.4 is 4.90 Å². The van der Waals surface area contributed by atoms with Gasteiger partial charge in [-0.1, -0.05) is 22.0 Å². The van der Waals surface area contributed by atoms with Gasteiger partial charge in [-0.25, -0.2) is 0 Å². The Bertz CT molecular complexity index is 384. The molecular formula is C13H17Br2NO. The first-order chi connectivity index (χ1) is 8.20. The third-order valence-corrected chi connectivity index (χ3v) is 4.24. The minimum absolute atomic E-state index is 0.306. The van der Waals surface area contributed by atoms with Gasteiger partial charge in [0, 0.05) is 29.5 Å². The molecule has 1 atom stereocenters. The molecule has 0 bridgehead atoms. The van der Waals surface area contributed by atoms with Crippen molar-refractivity contribution < 1.29 is 4.74 Å². The molecule has 94 valence electrons. The van der Waals surface area contributed by atoms with E-state index in [0.717, 1.165) is 31.4 Å². The van der Waals surface area contributed by atoms with Gasteiger partial charge in [0.2, 0.25) is 0 Å². The molecule has 0 spiro atoms. The van der Waals surface area contributed by atoms with Gasteiger partial charge in [-0.2, -0.15) is 0 Å². The molecule has 0 radical (unpaired) electrons. The van der Waals surface area contributed by atoms with Crippen LogP contribution in [-0.2, 0) is 10.1 Å². The summed E-state index contributed by atoms with van der Waals surface area (Å²) < 4.78 is 6.84. The van der Waals surface area contributed by atoms with Gasteiger partial charge in [-0.15, -0.1) is 0 Å². The van der Waals surface area contributed by atoms with Crippen molar-refractivity contribution in [3.63, 3.8) is 0 Å². The van der Waals surface area contributed by atoms with E-state index in [0.29, 0.717) is 6.10 Å². The standard InChI is InChI=1S/C13H17Br2NO/c1-10-9-16(5-2-6-17-10)13-4-3-11(8-14)7-12(13)15/h3-4,7,10H,2,5-6,8-9H2,1H3. The van der Waals surface area contributed by atoms with Crippen LogP contribution in [0.2, 0.25) is 0 Å². The summed E-state index contributed by atoms with van der Waals surface area (Å²) in [6, 6.07) is 6.55. The van der Waals surface area contributed by atoms with Crippen LogP contribution >= 0.6 is 31.9 Å². The monoisotopic (exact) mass is 361 g/mol. The molecule has 1 aliphatic rings. The number of anilines is 1. The Kier molecular flexibility index (Phi) is 4.88. The largest absolute Gasteiger partial charge is 0.377 e. The van der Waals surface area contributed by atoms with E-state index in [2.05, 4.69) is 61.9 Å². The molecular weight excluding hydrogens is 346 g/mol. The van der Waals surface area contributed by atoms with E-state index in [-0.39, 0.29) is 0 Å². The van der Waals surface area contributed by atoms with Gasteiger partial charge in [0.05, 0.1) is 11.8 Å². The van der Waals surface area contributed by atoms with E-state index >= 15 is 0 Å². The molecule has 17 heavy (non-hydrogen) atoms. The van der Waals surface area contributed by atoms with Gasteiger partial charge in [-0.3, -0.25) is 0 Å². The van der Waals surface area contributed by atoms with Crippen LogP contribution in [0, 0.1) is 0 Å². The van der Waals surface area contributed by atoms with Gasteiger partial charge in [0.25, 0.3) is 0 Å². The molecule has 1 fully saturated rings. The topological polar surface area (TPSA) is 12.5 Å². The molecule has 0 aromatic heterocycles. The van der Waals surface area contributed by atoms with Crippen molar-refractivity contribution in [2.75, 3.05) is 24.6 Å². The summed E-state index contributed by atoms with van der Waals surface area (Å²) in [5, 5.41) is 0.894. The van der Waals surface area contributed by atoms with Gasteiger partial charge in [-0.05, 0) is 47.0 Å². The normalized spacial score (nSPS) is 21.4. The van der Waals surface area contributed by atoms with Gasteiger partial charge >= 0.3 is 0 Å². The number of halogens is 2. The lowest BCUT2D eigenvalue weighted by molar-refractivity contribution is 0.0821. The van der Waals surface area contributed by atoms with Crippen molar-refractivity contribution in [1.82, 2.24) is 0 Å². The highest BCUT2D eigenvalue weighted by atomic mass is 79.9. The summed E-state index contributed by atoms with van der Waals surface area (Å²) in [5.74, 6) is 0. The summed E-state index contributed by atoms with van der Waals surface area (Å²) in [6.45, 7) is 5.04. The first kappa shape index (κ1) is 13.4. The Morgan fingerprint density at radius 2 is 2.29 bits per heavy atom. The average Bonchev–Trinajstić information content (AvgIpc) is 2.53. The SMILES string of the molecule is CC1CN(c2ccc(CBr)cc2Br)CCCO1. The smallest absolute Gasteiger partial charge is 0.0721 e. The van der Waals surface area contributed by atoms with Gasteiger partial charge in [0.1, 0.15) is 0 Å². The van der Waals surface area contributed by atoms with Crippen molar-refractivity contribution >= 4 is 37.5 Å². The predicted molar refractivity (Wildman–Crippen MR) is 79.0 cm³/mol.